The van der Waals surface area contributed by atoms with Gasteiger partial charge in [-0.2, -0.15) is 0 Å². The molecule has 2 fully saturated rings. The highest BCUT2D eigenvalue weighted by atomic mass is 16.8. The van der Waals surface area contributed by atoms with E-state index >= 15 is 0 Å². The summed E-state index contributed by atoms with van der Waals surface area (Å²) in [6.07, 6.45) is -0.0257. The lowest BCUT2D eigenvalue weighted by Crippen LogP contribution is -2.49. The fourth-order valence-corrected chi connectivity index (χ4v) is 2.05. The van der Waals surface area contributed by atoms with E-state index in [4.69, 9.17) is 20.3 Å². The first kappa shape index (κ1) is 11.3. The highest BCUT2D eigenvalue weighted by Gasteiger charge is 2.58. The van der Waals surface area contributed by atoms with Crippen LogP contribution in [0.5, 0.6) is 0 Å². The molecular formula is C10H19NO4. The highest BCUT2D eigenvalue weighted by molar-refractivity contribution is 5.11. The van der Waals surface area contributed by atoms with E-state index < -0.39 is 18.0 Å². The molecule has 5 heteroatoms. The first-order chi connectivity index (χ1) is 6.88. The fourth-order valence-electron chi connectivity index (χ4n) is 2.05. The summed E-state index contributed by atoms with van der Waals surface area (Å²) >= 11 is 0. The van der Waals surface area contributed by atoms with Crippen LogP contribution in [0, 0.1) is 0 Å². The molecule has 0 spiro atoms. The molecule has 1 aliphatic carbocycles. The molecule has 5 nitrogen and oxygen atoms in total. The highest BCUT2D eigenvalue weighted by Crippen LogP contribution is 2.45. The molecule has 2 rings (SSSR count). The first-order valence-corrected chi connectivity index (χ1v) is 5.31. The summed E-state index contributed by atoms with van der Waals surface area (Å²) in [5.74, 6) is -0.736. The van der Waals surface area contributed by atoms with Gasteiger partial charge in [-0.05, 0) is 26.7 Å². The van der Waals surface area contributed by atoms with E-state index in [2.05, 4.69) is 0 Å². The van der Waals surface area contributed by atoms with Crippen molar-refractivity contribution in [3.8, 4) is 0 Å². The molecule has 0 bridgehead atoms. The van der Waals surface area contributed by atoms with Gasteiger partial charge < -0.3 is 25.4 Å². The molecule has 0 amide bonds. The van der Waals surface area contributed by atoms with Crippen molar-refractivity contribution in [2.24, 2.45) is 5.73 Å². The molecule has 0 unspecified atom stereocenters. The zero-order valence-electron chi connectivity index (χ0n) is 9.14. The SMILES string of the molecule is CC1(C)O[C@@H]([C@@H](O)CO)[C@H](C2(N)CC2)O1. The van der Waals surface area contributed by atoms with E-state index in [1.165, 1.54) is 0 Å². The summed E-state index contributed by atoms with van der Waals surface area (Å²) in [6.45, 7) is 3.24. The summed E-state index contributed by atoms with van der Waals surface area (Å²) in [5.41, 5.74) is 5.68. The van der Waals surface area contributed by atoms with Crippen molar-refractivity contribution in [2.45, 2.75) is 56.3 Å². The van der Waals surface area contributed by atoms with Gasteiger partial charge in [-0.1, -0.05) is 0 Å². The number of ether oxygens (including phenoxy) is 2. The number of nitrogens with two attached hydrogens (primary N) is 1. The third-order valence-electron chi connectivity index (χ3n) is 3.09. The molecule has 1 heterocycles. The van der Waals surface area contributed by atoms with Gasteiger partial charge in [-0.25, -0.2) is 0 Å². The molecule has 88 valence electrons. The van der Waals surface area contributed by atoms with Crippen molar-refractivity contribution in [3.05, 3.63) is 0 Å². The monoisotopic (exact) mass is 217 g/mol. The Morgan fingerprint density at radius 3 is 2.47 bits per heavy atom. The molecule has 1 aliphatic heterocycles. The Labute approximate surface area is 89.2 Å². The van der Waals surface area contributed by atoms with Gasteiger partial charge >= 0.3 is 0 Å². The molecule has 15 heavy (non-hydrogen) atoms. The lowest BCUT2D eigenvalue weighted by Gasteiger charge is -2.25. The Morgan fingerprint density at radius 1 is 1.40 bits per heavy atom. The maximum atomic E-state index is 9.64. The van der Waals surface area contributed by atoms with Crippen LogP contribution in [0.3, 0.4) is 0 Å². The second-order valence-electron chi connectivity index (χ2n) is 5.00. The fraction of sp³-hybridized carbons (Fsp3) is 1.00. The van der Waals surface area contributed by atoms with Crippen molar-refractivity contribution >= 4 is 0 Å². The lowest BCUT2D eigenvalue weighted by atomic mass is 10.0. The normalized spacial score (nSPS) is 39.0. The molecule has 1 saturated heterocycles. The van der Waals surface area contributed by atoms with E-state index in [0.29, 0.717) is 0 Å². The second kappa shape index (κ2) is 3.40. The minimum atomic E-state index is -0.933. The number of hydrogen-bond acceptors (Lipinski definition) is 5. The molecule has 4 N–H and O–H groups in total. The average Bonchev–Trinajstić information content (AvgIpc) is 2.81. The van der Waals surface area contributed by atoms with Crippen LogP contribution < -0.4 is 5.73 Å². The van der Waals surface area contributed by atoms with Crippen LogP contribution in [0.2, 0.25) is 0 Å². The van der Waals surface area contributed by atoms with Crippen LogP contribution in [0.25, 0.3) is 0 Å². The minimum Gasteiger partial charge on any atom is -0.394 e. The molecule has 3 atom stereocenters. The van der Waals surface area contributed by atoms with Crippen LogP contribution in [0.15, 0.2) is 0 Å². The number of rotatable bonds is 3. The van der Waals surface area contributed by atoms with Gasteiger partial charge in [-0.15, -0.1) is 0 Å². The van der Waals surface area contributed by atoms with Gasteiger partial charge in [0.05, 0.1) is 6.61 Å². The number of aliphatic hydroxyl groups is 2. The average molecular weight is 217 g/mol. The van der Waals surface area contributed by atoms with Crippen molar-refractivity contribution in [2.75, 3.05) is 6.61 Å². The Balaban J connectivity index is 2.13. The molecule has 1 saturated carbocycles. The van der Waals surface area contributed by atoms with Gasteiger partial charge in [-0.3, -0.25) is 0 Å². The summed E-state index contributed by atoms with van der Waals surface area (Å²) in [7, 11) is 0. The van der Waals surface area contributed by atoms with Crippen LogP contribution in [-0.4, -0.2) is 46.5 Å². The molecule has 0 aromatic rings. The predicted octanol–water partition coefficient (Wildman–Crippen LogP) is -0.649. The Hall–Kier alpha value is -0.200. The topological polar surface area (TPSA) is 84.9 Å². The summed E-state index contributed by atoms with van der Waals surface area (Å²) < 4.78 is 11.3. The van der Waals surface area contributed by atoms with Crippen LogP contribution in [-0.2, 0) is 9.47 Å². The van der Waals surface area contributed by atoms with E-state index in [9.17, 15) is 5.11 Å². The van der Waals surface area contributed by atoms with E-state index in [0.717, 1.165) is 12.8 Å². The minimum absolute atomic E-state index is 0.324. The quantitative estimate of drug-likeness (QED) is 0.585. The van der Waals surface area contributed by atoms with Crippen molar-refractivity contribution in [3.63, 3.8) is 0 Å². The third-order valence-corrected chi connectivity index (χ3v) is 3.09. The van der Waals surface area contributed by atoms with Gasteiger partial charge in [0.2, 0.25) is 0 Å². The van der Waals surface area contributed by atoms with E-state index in [1.54, 1.807) is 13.8 Å². The van der Waals surface area contributed by atoms with Crippen molar-refractivity contribution in [1.82, 2.24) is 0 Å². The molecule has 2 aliphatic rings. The van der Waals surface area contributed by atoms with Crippen LogP contribution in [0.4, 0.5) is 0 Å². The molecular weight excluding hydrogens is 198 g/mol. The number of aliphatic hydroxyl groups excluding tert-OH is 2. The smallest absolute Gasteiger partial charge is 0.163 e. The number of hydrogen-bond donors (Lipinski definition) is 3. The van der Waals surface area contributed by atoms with E-state index in [1.807, 2.05) is 0 Å². The van der Waals surface area contributed by atoms with E-state index in [-0.39, 0.29) is 18.2 Å². The lowest BCUT2D eigenvalue weighted by molar-refractivity contribution is -0.158. The summed E-state index contributed by atoms with van der Waals surface area (Å²) in [5, 5.41) is 18.6. The standard InChI is InChI=1S/C10H19NO4/c1-9(2)14-7(6(13)5-12)8(15-9)10(11)3-4-10/h6-8,12-13H,3-5,11H2,1-2H3/t6-,7-,8+/m0/s1. The summed E-state index contributed by atoms with van der Waals surface area (Å²) in [6, 6.07) is 0. The molecule has 0 aromatic heterocycles. The van der Waals surface area contributed by atoms with Gasteiger partial charge in [0.1, 0.15) is 18.3 Å². The summed E-state index contributed by atoms with van der Waals surface area (Å²) in [4.78, 5) is 0. The van der Waals surface area contributed by atoms with Crippen molar-refractivity contribution < 1.29 is 19.7 Å². The van der Waals surface area contributed by atoms with Gasteiger partial charge in [0, 0.05) is 5.54 Å². The second-order valence-corrected chi connectivity index (χ2v) is 5.00. The van der Waals surface area contributed by atoms with Crippen LogP contribution >= 0.6 is 0 Å². The zero-order chi connectivity index (χ0) is 11.3. The Kier molecular flexibility index (Phi) is 2.56. The first-order valence-electron chi connectivity index (χ1n) is 5.31. The zero-order valence-corrected chi connectivity index (χ0v) is 9.14. The van der Waals surface area contributed by atoms with Crippen molar-refractivity contribution in [1.29, 1.82) is 0 Å². The third kappa shape index (κ3) is 2.03. The van der Waals surface area contributed by atoms with Gasteiger partial charge in [0.15, 0.2) is 5.79 Å². The predicted molar refractivity (Wildman–Crippen MR) is 53.1 cm³/mol. The molecule has 0 radical (unpaired) electrons. The van der Waals surface area contributed by atoms with Crippen LogP contribution in [0.1, 0.15) is 26.7 Å². The maximum Gasteiger partial charge on any atom is 0.163 e. The Bertz CT molecular complexity index is 252. The Morgan fingerprint density at radius 2 is 2.00 bits per heavy atom. The largest absolute Gasteiger partial charge is 0.394 e. The molecule has 0 aromatic carbocycles. The maximum absolute atomic E-state index is 9.64. The van der Waals surface area contributed by atoms with Gasteiger partial charge in [0.25, 0.3) is 0 Å².